The number of carbonyl (C=O) groups excluding carboxylic acids is 4. The molecule has 8 heteroatoms. The molecule has 1 atom stereocenters. The summed E-state index contributed by atoms with van der Waals surface area (Å²) >= 11 is 0. The Balaban J connectivity index is 1.95. The molecule has 8 nitrogen and oxygen atoms in total. The predicted octanol–water partition coefficient (Wildman–Crippen LogP) is 1.09. The van der Waals surface area contributed by atoms with Crippen molar-refractivity contribution in [1.82, 2.24) is 16.0 Å². The number of imide groups is 1. The van der Waals surface area contributed by atoms with Gasteiger partial charge in [-0.2, -0.15) is 0 Å². The van der Waals surface area contributed by atoms with Gasteiger partial charge in [0.05, 0.1) is 6.42 Å². The predicted molar refractivity (Wildman–Crippen MR) is 101 cm³/mol. The number of ether oxygens (including phenoxy) is 1. The number of urea groups is 1. The van der Waals surface area contributed by atoms with Gasteiger partial charge in [0, 0.05) is 12.6 Å². The summed E-state index contributed by atoms with van der Waals surface area (Å²) in [6.45, 7) is -0.401. The highest BCUT2D eigenvalue weighted by atomic mass is 16.5. The summed E-state index contributed by atoms with van der Waals surface area (Å²) in [5.74, 6) is -1.95. The number of nitrogens with one attached hydrogen (secondary N) is 3. The number of carbonyl (C=O) groups is 4. The summed E-state index contributed by atoms with van der Waals surface area (Å²) in [6, 6.07) is 16.6. The van der Waals surface area contributed by atoms with Crippen LogP contribution in [0.25, 0.3) is 0 Å². The lowest BCUT2D eigenvalue weighted by Crippen LogP contribution is -2.42. The molecule has 0 heterocycles. The van der Waals surface area contributed by atoms with E-state index in [1.807, 2.05) is 18.2 Å². The van der Waals surface area contributed by atoms with Gasteiger partial charge in [-0.1, -0.05) is 60.7 Å². The lowest BCUT2D eigenvalue weighted by molar-refractivity contribution is -0.155. The fourth-order valence-electron chi connectivity index (χ4n) is 2.33. The molecule has 28 heavy (non-hydrogen) atoms. The van der Waals surface area contributed by atoms with Crippen molar-refractivity contribution in [2.45, 2.75) is 12.5 Å². The van der Waals surface area contributed by atoms with Crippen molar-refractivity contribution >= 4 is 23.8 Å². The number of benzene rings is 2. The molecule has 0 spiro atoms. The van der Waals surface area contributed by atoms with Gasteiger partial charge in [0.1, 0.15) is 6.54 Å². The molecule has 146 valence electrons. The molecule has 0 aliphatic carbocycles. The summed E-state index contributed by atoms with van der Waals surface area (Å²) in [5, 5.41) is 6.78. The zero-order valence-electron chi connectivity index (χ0n) is 15.3. The second-order valence-electron chi connectivity index (χ2n) is 5.79. The van der Waals surface area contributed by atoms with Gasteiger partial charge in [-0.3, -0.25) is 19.7 Å². The SMILES string of the molecule is CNC(=O)NC(=O)[C@@H](OC(=O)CNC(=O)Cc1ccccc1)c1ccccc1. The lowest BCUT2D eigenvalue weighted by atomic mass is 10.1. The molecule has 0 saturated heterocycles. The molecule has 3 N–H and O–H groups in total. The number of rotatable bonds is 7. The summed E-state index contributed by atoms with van der Waals surface area (Å²) in [6.07, 6.45) is -1.20. The Hall–Kier alpha value is -3.68. The minimum atomic E-state index is -1.32. The Labute approximate surface area is 162 Å². The Morgan fingerprint density at radius 3 is 2.14 bits per heavy atom. The summed E-state index contributed by atoms with van der Waals surface area (Å²) in [4.78, 5) is 47.7. The molecule has 2 rings (SSSR count). The first-order valence-electron chi connectivity index (χ1n) is 8.57. The van der Waals surface area contributed by atoms with Crippen LogP contribution in [-0.4, -0.2) is 37.4 Å². The third-order valence-electron chi connectivity index (χ3n) is 3.69. The van der Waals surface area contributed by atoms with Crippen molar-refractivity contribution in [1.29, 1.82) is 0 Å². The maximum atomic E-state index is 12.3. The van der Waals surface area contributed by atoms with Crippen molar-refractivity contribution in [2.24, 2.45) is 0 Å². The molecule has 4 amide bonds. The van der Waals surface area contributed by atoms with Crippen molar-refractivity contribution < 1.29 is 23.9 Å². The van der Waals surface area contributed by atoms with Gasteiger partial charge < -0.3 is 15.4 Å². The monoisotopic (exact) mass is 383 g/mol. The highest BCUT2D eigenvalue weighted by molar-refractivity contribution is 5.97. The van der Waals surface area contributed by atoms with Crippen LogP contribution in [0, 0.1) is 0 Å². The fourth-order valence-corrected chi connectivity index (χ4v) is 2.33. The lowest BCUT2D eigenvalue weighted by Gasteiger charge is -2.17. The average molecular weight is 383 g/mol. The van der Waals surface area contributed by atoms with E-state index < -0.39 is 30.6 Å². The Morgan fingerprint density at radius 1 is 0.929 bits per heavy atom. The minimum Gasteiger partial charge on any atom is -0.446 e. The standard InChI is InChI=1S/C20H21N3O5/c1-21-20(27)23-19(26)18(15-10-6-3-7-11-15)28-17(25)13-22-16(24)12-14-8-4-2-5-9-14/h2-11,18H,12-13H2,1H3,(H,22,24)(H2,21,23,26,27)/t18-/m0/s1. The van der Waals surface area contributed by atoms with E-state index in [0.29, 0.717) is 5.56 Å². The zero-order valence-corrected chi connectivity index (χ0v) is 15.3. The molecular weight excluding hydrogens is 362 g/mol. The first kappa shape index (κ1) is 20.6. The fraction of sp³-hybridized carbons (Fsp3) is 0.200. The Morgan fingerprint density at radius 2 is 1.54 bits per heavy atom. The normalized spacial score (nSPS) is 11.0. The van der Waals surface area contributed by atoms with Gasteiger partial charge in [-0.05, 0) is 5.56 Å². The van der Waals surface area contributed by atoms with Crippen LogP contribution >= 0.6 is 0 Å². The smallest absolute Gasteiger partial charge is 0.326 e. The van der Waals surface area contributed by atoms with Crippen molar-refractivity contribution in [2.75, 3.05) is 13.6 Å². The molecule has 2 aromatic carbocycles. The van der Waals surface area contributed by atoms with E-state index >= 15 is 0 Å². The second kappa shape index (κ2) is 10.5. The molecule has 0 aromatic heterocycles. The molecule has 0 fully saturated rings. The molecule has 0 radical (unpaired) electrons. The van der Waals surface area contributed by atoms with E-state index in [0.717, 1.165) is 5.56 Å². The Kier molecular flexibility index (Phi) is 7.71. The van der Waals surface area contributed by atoms with E-state index in [-0.39, 0.29) is 12.3 Å². The van der Waals surface area contributed by atoms with Crippen LogP contribution in [0.2, 0.25) is 0 Å². The number of hydrogen-bond acceptors (Lipinski definition) is 5. The largest absolute Gasteiger partial charge is 0.446 e. The maximum absolute atomic E-state index is 12.3. The molecule has 2 aromatic rings. The van der Waals surface area contributed by atoms with Crippen molar-refractivity contribution in [3.8, 4) is 0 Å². The van der Waals surface area contributed by atoms with Crippen LogP contribution in [0.15, 0.2) is 60.7 Å². The molecule has 0 aliphatic heterocycles. The molecule has 0 bridgehead atoms. The van der Waals surface area contributed by atoms with E-state index in [1.165, 1.54) is 7.05 Å². The van der Waals surface area contributed by atoms with Crippen LogP contribution in [0.5, 0.6) is 0 Å². The van der Waals surface area contributed by atoms with Gasteiger partial charge in [0.15, 0.2) is 0 Å². The van der Waals surface area contributed by atoms with Gasteiger partial charge in [-0.15, -0.1) is 0 Å². The third-order valence-corrected chi connectivity index (χ3v) is 3.69. The first-order valence-corrected chi connectivity index (χ1v) is 8.57. The van der Waals surface area contributed by atoms with Gasteiger partial charge in [0.25, 0.3) is 5.91 Å². The van der Waals surface area contributed by atoms with Crippen molar-refractivity contribution in [3.05, 3.63) is 71.8 Å². The minimum absolute atomic E-state index is 0.118. The van der Waals surface area contributed by atoms with Crippen LogP contribution in [-0.2, 0) is 25.5 Å². The molecular formula is C20H21N3O5. The summed E-state index contributed by atoms with van der Waals surface area (Å²) < 4.78 is 5.20. The van der Waals surface area contributed by atoms with Gasteiger partial charge in [-0.25, -0.2) is 4.79 Å². The van der Waals surface area contributed by atoms with Crippen LogP contribution in [0.3, 0.4) is 0 Å². The average Bonchev–Trinajstić information content (AvgIpc) is 2.71. The molecule has 0 saturated carbocycles. The van der Waals surface area contributed by atoms with E-state index in [2.05, 4.69) is 16.0 Å². The number of amides is 4. The van der Waals surface area contributed by atoms with Crippen LogP contribution in [0.1, 0.15) is 17.2 Å². The van der Waals surface area contributed by atoms with Crippen molar-refractivity contribution in [3.63, 3.8) is 0 Å². The number of hydrogen-bond donors (Lipinski definition) is 3. The van der Waals surface area contributed by atoms with Gasteiger partial charge >= 0.3 is 12.0 Å². The van der Waals surface area contributed by atoms with E-state index in [9.17, 15) is 19.2 Å². The summed E-state index contributed by atoms with van der Waals surface area (Å²) in [5.41, 5.74) is 1.20. The number of esters is 1. The molecule has 0 aliphatic rings. The first-order chi connectivity index (χ1) is 13.5. The highest BCUT2D eigenvalue weighted by Crippen LogP contribution is 2.17. The zero-order chi connectivity index (χ0) is 20.4. The third kappa shape index (κ3) is 6.56. The maximum Gasteiger partial charge on any atom is 0.326 e. The highest BCUT2D eigenvalue weighted by Gasteiger charge is 2.26. The summed E-state index contributed by atoms with van der Waals surface area (Å²) in [7, 11) is 1.36. The quantitative estimate of drug-likeness (QED) is 0.619. The van der Waals surface area contributed by atoms with E-state index in [4.69, 9.17) is 4.74 Å². The molecule has 0 unspecified atom stereocenters. The topological polar surface area (TPSA) is 114 Å². The van der Waals surface area contributed by atoms with Crippen LogP contribution in [0.4, 0.5) is 4.79 Å². The Bertz CT molecular complexity index is 824. The van der Waals surface area contributed by atoms with Gasteiger partial charge in [0.2, 0.25) is 12.0 Å². The second-order valence-corrected chi connectivity index (χ2v) is 5.79. The van der Waals surface area contributed by atoms with E-state index in [1.54, 1.807) is 42.5 Å². The van der Waals surface area contributed by atoms with Crippen LogP contribution < -0.4 is 16.0 Å².